The summed E-state index contributed by atoms with van der Waals surface area (Å²) in [6.07, 6.45) is 9.27. The molecule has 0 N–H and O–H groups in total. The maximum Gasteiger partial charge on any atom is 0.161 e. The first kappa shape index (κ1) is 25.7. The van der Waals surface area contributed by atoms with Crippen LogP contribution in [0.2, 0.25) is 0 Å². The van der Waals surface area contributed by atoms with Crippen LogP contribution in [0.4, 0.5) is 0 Å². The van der Waals surface area contributed by atoms with Crippen LogP contribution in [0.1, 0.15) is 93.2 Å². The normalized spacial score (nSPS) is 11.9. The Morgan fingerprint density at radius 2 is 1.82 bits per heavy atom. The fourth-order valence-electron chi connectivity index (χ4n) is 4.70. The molecule has 184 valence electrons. The Bertz CT molecular complexity index is 1110. The molecule has 0 spiro atoms. The number of pyridine rings is 1. The van der Waals surface area contributed by atoms with Gasteiger partial charge in [-0.15, -0.1) is 0 Å². The molecule has 3 nitrogen and oxygen atoms in total. The van der Waals surface area contributed by atoms with Gasteiger partial charge in [0.15, 0.2) is 5.78 Å². The molecule has 0 saturated carbocycles. The fraction of sp³-hybridized carbons (Fsp3) is 0.419. The number of carbonyl (C=O) groups excluding carboxylic acids is 1. The molecule has 2 aromatic carbocycles. The molecule has 0 aliphatic carbocycles. The van der Waals surface area contributed by atoms with Crippen LogP contribution >= 0.6 is 0 Å². The summed E-state index contributed by atoms with van der Waals surface area (Å²) in [5.41, 5.74) is 7.59. The molecule has 3 heteroatoms. The lowest BCUT2D eigenvalue weighted by Crippen LogP contribution is -2.06. The van der Waals surface area contributed by atoms with Crippen molar-refractivity contribution < 1.29 is 12.4 Å². The summed E-state index contributed by atoms with van der Waals surface area (Å²) in [6, 6.07) is 17.0. The van der Waals surface area contributed by atoms with E-state index in [2.05, 4.69) is 68.2 Å². The minimum absolute atomic E-state index is 0. The number of aromatic nitrogens is 1. The Hall–Kier alpha value is -2.94. The molecule has 0 bridgehead atoms. The van der Waals surface area contributed by atoms with Crippen LogP contribution in [-0.2, 0) is 19.3 Å². The maximum atomic E-state index is 12.3. The molecule has 0 aliphatic heterocycles. The molecule has 3 rings (SSSR count). The zero-order chi connectivity index (χ0) is 24.5. The zero-order valence-corrected chi connectivity index (χ0v) is 21.5. The highest BCUT2D eigenvalue weighted by Crippen LogP contribution is 2.26. The molecule has 1 aromatic heterocycles. The average Bonchev–Trinajstić information content (AvgIpc) is 2.81. The zero-order valence-electron chi connectivity index (χ0n) is 21.5. The molecule has 0 saturated heterocycles. The van der Waals surface area contributed by atoms with Gasteiger partial charge in [-0.3, -0.25) is 9.78 Å². The van der Waals surface area contributed by atoms with Crippen LogP contribution < -0.4 is 4.74 Å². The van der Waals surface area contributed by atoms with Gasteiger partial charge >= 0.3 is 0 Å². The van der Waals surface area contributed by atoms with Crippen LogP contribution in [-0.4, -0.2) is 17.9 Å². The molecule has 0 aliphatic rings. The van der Waals surface area contributed by atoms with Gasteiger partial charge < -0.3 is 4.74 Å². The molecular formula is C31H43NO2. The van der Waals surface area contributed by atoms with Gasteiger partial charge in [-0.2, -0.15) is 0 Å². The van der Waals surface area contributed by atoms with Crippen LogP contribution in [0.25, 0.3) is 0 Å². The van der Waals surface area contributed by atoms with Gasteiger partial charge in [0.25, 0.3) is 0 Å². The Morgan fingerprint density at radius 3 is 2.53 bits per heavy atom. The summed E-state index contributed by atoms with van der Waals surface area (Å²) in [5.74, 6) is 1.76. The van der Waals surface area contributed by atoms with Gasteiger partial charge in [-0.05, 0) is 73.4 Å². The van der Waals surface area contributed by atoms with Gasteiger partial charge in [-0.1, -0.05) is 69.5 Å². The van der Waals surface area contributed by atoms with E-state index in [0.717, 1.165) is 41.3 Å². The summed E-state index contributed by atoms with van der Waals surface area (Å²) >= 11 is 0. The van der Waals surface area contributed by atoms with Gasteiger partial charge in [0.1, 0.15) is 5.75 Å². The first-order valence-electron chi connectivity index (χ1n) is 12.6. The van der Waals surface area contributed by atoms with Crippen molar-refractivity contribution in [1.82, 2.24) is 4.98 Å². The number of benzene rings is 2. The van der Waals surface area contributed by atoms with E-state index in [0.29, 0.717) is 12.0 Å². The molecule has 3 aromatic rings. The van der Waals surface area contributed by atoms with Crippen molar-refractivity contribution >= 4 is 5.78 Å². The van der Waals surface area contributed by atoms with Crippen LogP contribution in [0.5, 0.6) is 5.75 Å². The topological polar surface area (TPSA) is 39.2 Å². The van der Waals surface area contributed by atoms with E-state index >= 15 is 0 Å². The highest BCUT2D eigenvalue weighted by molar-refractivity contribution is 5.95. The van der Waals surface area contributed by atoms with Gasteiger partial charge in [0.05, 0.1) is 7.11 Å². The van der Waals surface area contributed by atoms with Gasteiger partial charge in [-0.25, -0.2) is 0 Å². The molecule has 34 heavy (non-hydrogen) atoms. The summed E-state index contributed by atoms with van der Waals surface area (Å²) in [6.45, 7) is 8.34. The van der Waals surface area contributed by atoms with Crippen molar-refractivity contribution in [3.05, 3.63) is 93.8 Å². The van der Waals surface area contributed by atoms with Gasteiger partial charge in [0.2, 0.25) is 0 Å². The van der Waals surface area contributed by atoms with E-state index in [1.807, 2.05) is 6.07 Å². The first-order chi connectivity index (χ1) is 16.4. The van der Waals surface area contributed by atoms with Crippen molar-refractivity contribution in [2.75, 3.05) is 7.11 Å². The van der Waals surface area contributed by atoms with Crippen molar-refractivity contribution in [3.63, 3.8) is 0 Å². The Kier molecular flexibility index (Phi) is 9.44. The summed E-state index contributed by atoms with van der Waals surface area (Å²) in [7, 11) is 1.74. The number of nitrogens with zero attached hydrogens (tertiary/aromatic N) is 1. The minimum Gasteiger partial charge on any atom is -0.496 e. The third-order valence-corrected chi connectivity index (χ3v) is 6.73. The quantitative estimate of drug-likeness (QED) is 0.256. The number of methoxy groups -OCH3 is 1. The van der Waals surface area contributed by atoms with Crippen LogP contribution in [0.15, 0.2) is 54.7 Å². The molecule has 1 atom stereocenters. The van der Waals surface area contributed by atoms with E-state index in [1.165, 1.54) is 42.4 Å². The number of ketones is 1. The number of ether oxygens (including phenoxy) is 1. The van der Waals surface area contributed by atoms with Crippen LogP contribution in [0, 0.1) is 12.8 Å². The van der Waals surface area contributed by atoms with E-state index in [1.54, 1.807) is 20.2 Å². The minimum atomic E-state index is 0. The summed E-state index contributed by atoms with van der Waals surface area (Å²) < 4.78 is 5.75. The Morgan fingerprint density at radius 1 is 1.03 bits per heavy atom. The smallest absolute Gasteiger partial charge is 0.161 e. The van der Waals surface area contributed by atoms with Crippen molar-refractivity contribution in [2.45, 2.75) is 72.6 Å². The second-order valence-corrected chi connectivity index (χ2v) is 9.60. The third kappa shape index (κ3) is 7.03. The van der Waals surface area contributed by atoms with E-state index in [9.17, 15) is 4.79 Å². The molecule has 1 unspecified atom stereocenters. The lowest BCUT2D eigenvalue weighted by molar-refractivity contribution is 0.101. The van der Waals surface area contributed by atoms with E-state index in [4.69, 9.17) is 4.74 Å². The van der Waals surface area contributed by atoms with Gasteiger partial charge in [0, 0.05) is 32.3 Å². The summed E-state index contributed by atoms with van der Waals surface area (Å²) in [4.78, 5) is 16.9. The standard InChI is InChI=1S/C31H39NO2.2H2/c1-6-10-22(2)11-9-13-25-15-16-27(31(17-25)34-5)19-29-20-28(30(21-32-29)24(4)33)18-26-14-8-7-12-23(26)3;;/h7-8,12,14-17,20-22H,6,9-11,13,18-19H2,1-5H3;2*1H. The number of carbonyl (C=O) groups is 1. The molecular weight excluding hydrogens is 418 g/mol. The fourth-order valence-corrected chi connectivity index (χ4v) is 4.70. The number of hydrogen-bond acceptors (Lipinski definition) is 3. The highest BCUT2D eigenvalue weighted by Gasteiger charge is 2.13. The first-order valence-corrected chi connectivity index (χ1v) is 12.6. The second kappa shape index (κ2) is 12.5. The molecule has 0 amide bonds. The Balaban J connectivity index is 0.00000324. The predicted octanol–water partition coefficient (Wildman–Crippen LogP) is 8.03. The highest BCUT2D eigenvalue weighted by atomic mass is 16.5. The van der Waals surface area contributed by atoms with Crippen molar-refractivity contribution in [1.29, 1.82) is 0 Å². The molecule has 0 radical (unpaired) electrons. The number of rotatable bonds is 12. The molecule has 1 heterocycles. The van der Waals surface area contributed by atoms with Crippen LogP contribution in [0.3, 0.4) is 0 Å². The molecule has 0 fully saturated rings. The third-order valence-electron chi connectivity index (χ3n) is 6.73. The number of hydrogen-bond donors (Lipinski definition) is 0. The number of Topliss-reactive ketones (excluding diaryl/α,β-unsaturated/α-hetero) is 1. The largest absolute Gasteiger partial charge is 0.496 e. The SMILES string of the molecule is CCCC(C)CCCc1ccc(Cc2cc(Cc3ccccc3C)c(C(C)=O)cn2)c(OC)c1.[HH].[HH]. The van der Waals surface area contributed by atoms with E-state index < -0.39 is 0 Å². The Labute approximate surface area is 208 Å². The predicted molar refractivity (Wildman–Crippen MR) is 145 cm³/mol. The second-order valence-electron chi connectivity index (χ2n) is 9.60. The average molecular weight is 462 g/mol. The lowest BCUT2D eigenvalue weighted by Gasteiger charge is -2.14. The van der Waals surface area contributed by atoms with E-state index in [-0.39, 0.29) is 8.64 Å². The summed E-state index contributed by atoms with van der Waals surface area (Å²) in [5, 5.41) is 0. The van der Waals surface area contributed by atoms with Crippen molar-refractivity contribution in [3.8, 4) is 5.75 Å². The maximum absolute atomic E-state index is 12.3. The lowest BCUT2D eigenvalue weighted by atomic mass is 9.94. The van der Waals surface area contributed by atoms with Crippen molar-refractivity contribution in [2.24, 2.45) is 5.92 Å². The monoisotopic (exact) mass is 461 g/mol. The number of aryl methyl sites for hydroxylation is 2.